The first-order valence-corrected chi connectivity index (χ1v) is 14.0. The minimum absolute atomic E-state index is 0.240. The molecule has 0 spiro atoms. The van der Waals surface area contributed by atoms with Crippen molar-refractivity contribution in [1.82, 2.24) is 0 Å². The van der Waals surface area contributed by atoms with Gasteiger partial charge in [0.25, 0.3) is 0 Å². The van der Waals surface area contributed by atoms with E-state index in [0.29, 0.717) is 6.61 Å². The quantitative estimate of drug-likeness (QED) is 0.431. The van der Waals surface area contributed by atoms with Crippen molar-refractivity contribution in [2.75, 3.05) is 6.61 Å². The molecule has 0 N–H and O–H groups in total. The van der Waals surface area contributed by atoms with Gasteiger partial charge in [-0.25, -0.2) is 0 Å². The second-order valence-electron chi connectivity index (χ2n) is 4.23. The first-order valence-electron chi connectivity index (χ1n) is 4.11. The standard InChI is InChI=1S/C9H17OSi.BrH.Zn/c1-7-8-10-11(5,6)9(2,3)4;;/h8H2,2-6H3;1H;/q-1;;+2/p-1. The Hall–Kier alpha value is 0.840. The van der Waals surface area contributed by atoms with Gasteiger partial charge in [0.05, 0.1) is 6.61 Å². The van der Waals surface area contributed by atoms with E-state index in [1.54, 1.807) is 0 Å². The number of halogens is 1. The van der Waals surface area contributed by atoms with E-state index in [0.717, 1.165) is 0 Å². The summed E-state index contributed by atoms with van der Waals surface area (Å²) in [6, 6.07) is 0. The summed E-state index contributed by atoms with van der Waals surface area (Å²) >= 11 is 4.25. The third-order valence-corrected chi connectivity index (χ3v) is 6.79. The van der Waals surface area contributed by atoms with E-state index < -0.39 is 8.32 Å². The summed E-state index contributed by atoms with van der Waals surface area (Å²) < 4.78 is 5.58. The predicted octanol–water partition coefficient (Wildman–Crippen LogP) is 3.44. The zero-order valence-corrected chi connectivity index (χ0v) is 14.8. The average Bonchev–Trinajstić information content (AvgIpc) is 2.03. The molecule has 0 fully saturated rings. The summed E-state index contributed by atoms with van der Waals surface area (Å²) in [5.74, 6) is 2.26. The van der Waals surface area contributed by atoms with Crippen molar-refractivity contribution in [2.24, 2.45) is 0 Å². The van der Waals surface area contributed by atoms with Gasteiger partial charge in [-0.15, -0.1) is 0 Å². The molecule has 0 radical (unpaired) electrons. The molecule has 13 heavy (non-hydrogen) atoms. The summed E-state index contributed by atoms with van der Waals surface area (Å²) in [6.45, 7) is 11.2. The van der Waals surface area contributed by atoms with Crippen molar-refractivity contribution in [3.05, 3.63) is 6.42 Å². The molecule has 0 atom stereocenters. The summed E-state index contributed by atoms with van der Waals surface area (Å²) in [4.78, 5) is 0. The van der Waals surface area contributed by atoms with Gasteiger partial charge < -0.3 is 16.8 Å². The van der Waals surface area contributed by atoms with Gasteiger partial charge in [0.2, 0.25) is 0 Å². The average molecular weight is 315 g/mol. The van der Waals surface area contributed by atoms with Crippen molar-refractivity contribution < 1.29 is 20.8 Å². The molecule has 0 unspecified atom stereocenters. The first kappa shape index (κ1) is 16.3. The van der Waals surface area contributed by atoms with Gasteiger partial charge in [-0.05, 0) is 18.1 Å². The molecule has 1 nitrogen and oxygen atoms in total. The number of rotatable bonds is 2. The Balaban J connectivity index is 0. The van der Waals surface area contributed by atoms with Crippen LogP contribution in [-0.4, -0.2) is 14.9 Å². The van der Waals surface area contributed by atoms with Crippen LogP contribution in [0.4, 0.5) is 0 Å². The van der Waals surface area contributed by atoms with Crippen LogP contribution in [0.2, 0.25) is 18.1 Å². The fraction of sp³-hybridized carbons (Fsp3) is 0.778. The van der Waals surface area contributed by atoms with Gasteiger partial charge in [0, 0.05) is 0 Å². The zero-order valence-electron chi connectivity index (χ0n) is 9.20. The summed E-state index contributed by atoms with van der Waals surface area (Å²) in [7, 11) is -1.61. The molecule has 0 aromatic heterocycles. The molecular weight excluding hydrogens is 297 g/mol. The second-order valence-corrected chi connectivity index (χ2v) is 9.04. The third-order valence-electron chi connectivity index (χ3n) is 2.31. The molecule has 0 aliphatic heterocycles. The van der Waals surface area contributed by atoms with Crippen LogP contribution in [0.1, 0.15) is 20.8 Å². The topological polar surface area (TPSA) is 9.23 Å². The summed E-state index contributed by atoms with van der Waals surface area (Å²) in [6.07, 6.45) is 6.73. The van der Waals surface area contributed by atoms with Gasteiger partial charge in [-0.3, -0.25) is 0 Å². The molecule has 0 rings (SSSR count). The molecule has 0 aromatic rings. The number of hydrogen-bond donors (Lipinski definition) is 0. The van der Waals surface area contributed by atoms with Crippen LogP contribution in [0.15, 0.2) is 0 Å². The van der Waals surface area contributed by atoms with Crippen LogP contribution in [0.3, 0.4) is 0 Å². The van der Waals surface area contributed by atoms with Crippen molar-refractivity contribution in [3.63, 3.8) is 0 Å². The molecule has 0 saturated carbocycles. The summed E-state index contributed by atoms with van der Waals surface area (Å²) in [5.41, 5.74) is 0. The van der Waals surface area contributed by atoms with Crippen LogP contribution in [-0.2, 0) is 20.8 Å². The third kappa shape index (κ3) is 6.85. The maximum atomic E-state index is 6.73. The number of hydrogen-bond acceptors (Lipinski definition) is 1. The van der Waals surface area contributed by atoms with E-state index in [9.17, 15) is 0 Å². The van der Waals surface area contributed by atoms with Crippen LogP contribution in [0, 0.1) is 12.3 Å². The fourth-order valence-electron chi connectivity index (χ4n) is 0.433. The molecule has 0 aliphatic carbocycles. The van der Waals surface area contributed by atoms with E-state index in [4.69, 9.17) is 10.8 Å². The Morgan fingerprint density at radius 3 is 2.00 bits per heavy atom. The zero-order chi connectivity index (χ0) is 11.1. The van der Waals surface area contributed by atoms with Gasteiger partial charge in [0.15, 0.2) is 8.32 Å². The van der Waals surface area contributed by atoms with Gasteiger partial charge in [-0.1, -0.05) is 20.8 Å². The van der Waals surface area contributed by atoms with E-state index in [1.807, 2.05) is 0 Å². The van der Waals surface area contributed by atoms with Crippen molar-refractivity contribution in [1.29, 1.82) is 0 Å². The molecule has 0 bridgehead atoms. The van der Waals surface area contributed by atoms with Crippen molar-refractivity contribution in [2.45, 2.75) is 38.9 Å². The molecule has 0 amide bonds. The Kier molecular flexibility index (Phi) is 8.98. The first-order chi connectivity index (χ1) is 5.81. The Morgan fingerprint density at radius 1 is 1.38 bits per heavy atom. The molecule has 0 heterocycles. The van der Waals surface area contributed by atoms with Gasteiger partial charge in [-0.2, -0.15) is 0 Å². The molecule has 4 heteroatoms. The molecule has 0 aromatic carbocycles. The minimum atomic E-state index is -1.61. The monoisotopic (exact) mass is 312 g/mol. The predicted molar refractivity (Wildman–Crippen MR) is 59.2 cm³/mol. The molecule has 72 valence electrons. The van der Waals surface area contributed by atoms with E-state index >= 15 is 0 Å². The summed E-state index contributed by atoms with van der Waals surface area (Å²) in [5, 5.41) is 0.240. The molecule has 0 aliphatic rings. The maximum absolute atomic E-state index is 6.73. The second kappa shape index (κ2) is 7.17. The van der Waals surface area contributed by atoms with Gasteiger partial charge >= 0.3 is 30.0 Å². The molecular formula is C9H17BrOSiZn. The van der Waals surface area contributed by atoms with Crippen molar-refractivity contribution >= 4 is 21.9 Å². The van der Waals surface area contributed by atoms with E-state index in [1.165, 1.54) is 16.3 Å². The van der Waals surface area contributed by atoms with Crippen LogP contribution in [0.25, 0.3) is 0 Å². The normalized spacial score (nSPS) is 11.3. The van der Waals surface area contributed by atoms with Crippen LogP contribution >= 0.6 is 13.6 Å². The fourth-order valence-corrected chi connectivity index (χ4v) is 1.30. The Morgan fingerprint density at radius 2 is 1.77 bits per heavy atom. The molecule has 0 saturated heterocycles. The van der Waals surface area contributed by atoms with E-state index in [-0.39, 0.29) is 5.04 Å². The Labute approximate surface area is 100 Å². The Bertz CT molecular complexity index is 169. The van der Waals surface area contributed by atoms with Crippen molar-refractivity contribution in [3.8, 4) is 5.92 Å². The SMILES string of the molecule is [C-]#CCO[Si](C)(C)C(C)(C)C.[Zn+][Br]. The van der Waals surface area contributed by atoms with Crippen LogP contribution in [0.5, 0.6) is 0 Å². The van der Waals surface area contributed by atoms with Gasteiger partial charge in [0.1, 0.15) is 0 Å². The van der Waals surface area contributed by atoms with Crippen LogP contribution < -0.4 is 0 Å². The van der Waals surface area contributed by atoms with E-state index in [2.05, 4.69) is 53.4 Å².